The molecule has 1 N–H and O–H groups in total. The molecule has 2 rings (SSSR count). The zero-order valence-electron chi connectivity index (χ0n) is 11.6. The average molecular weight is 255 g/mol. The van der Waals surface area contributed by atoms with Crippen molar-refractivity contribution in [3.63, 3.8) is 0 Å². The SMILES string of the molecule is CC(C)C1CCCC(NC2CCSCC2)CC1. The molecule has 2 unspecified atom stereocenters. The van der Waals surface area contributed by atoms with Gasteiger partial charge >= 0.3 is 0 Å². The van der Waals surface area contributed by atoms with E-state index in [4.69, 9.17) is 0 Å². The van der Waals surface area contributed by atoms with Crippen LogP contribution in [-0.4, -0.2) is 23.6 Å². The van der Waals surface area contributed by atoms with E-state index in [1.807, 2.05) is 0 Å². The second kappa shape index (κ2) is 7.04. The molecule has 17 heavy (non-hydrogen) atoms. The van der Waals surface area contributed by atoms with Gasteiger partial charge in [0.1, 0.15) is 0 Å². The summed E-state index contributed by atoms with van der Waals surface area (Å²) in [5, 5.41) is 3.94. The van der Waals surface area contributed by atoms with Gasteiger partial charge in [-0.3, -0.25) is 0 Å². The van der Waals surface area contributed by atoms with Crippen molar-refractivity contribution in [2.75, 3.05) is 11.5 Å². The van der Waals surface area contributed by atoms with Crippen LogP contribution >= 0.6 is 11.8 Å². The van der Waals surface area contributed by atoms with Crippen molar-refractivity contribution in [3.05, 3.63) is 0 Å². The quantitative estimate of drug-likeness (QED) is 0.763. The van der Waals surface area contributed by atoms with Crippen LogP contribution in [0.1, 0.15) is 58.8 Å². The highest BCUT2D eigenvalue weighted by Crippen LogP contribution is 2.29. The molecule has 0 aromatic rings. The monoisotopic (exact) mass is 255 g/mol. The minimum absolute atomic E-state index is 0.826. The summed E-state index contributed by atoms with van der Waals surface area (Å²) in [5.74, 6) is 4.63. The minimum atomic E-state index is 0.826. The predicted molar refractivity (Wildman–Crippen MR) is 78.7 cm³/mol. The third-order valence-electron chi connectivity index (χ3n) is 4.65. The third kappa shape index (κ3) is 4.48. The fraction of sp³-hybridized carbons (Fsp3) is 1.00. The van der Waals surface area contributed by atoms with Gasteiger partial charge in [0.05, 0.1) is 0 Å². The molecule has 0 aromatic carbocycles. The fourth-order valence-electron chi connectivity index (χ4n) is 3.36. The lowest BCUT2D eigenvalue weighted by Gasteiger charge is -2.28. The van der Waals surface area contributed by atoms with E-state index in [1.165, 1.54) is 56.5 Å². The Kier molecular flexibility index (Phi) is 5.68. The molecule has 2 fully saturated rings. The first kappa shape index (κ1) is 13.7. The van der Waals surface area contributed by atoms with Gasteiger partial charge in [-0.25, -0.2) is 0 Å². The maximum absolute atomic E-state index is 3.94. The van der Waals surface area contributed by atoms with E-state index >= 15 is 0 Å². The lowest BCUT2D eigenvalue weighted by Crippen LogP contribution is -2.40. The Labute approximate surface area is 112 Å². The molecule has 0 aromatic heterocycles. The Bertz CT molecular complexity index is 211. The Balaban J connectivity index is 1.74. The summed E-state index contributed by atoms with van der Waals surface area (Å²) in [6.45, 7) is 4.80. The van der Waals surface area contributed by atoms with E-state index < -0.39 is 0 Å². The smallest absolute Gasteiger partial charge is 0.00853 e. The third-order valence-corrected chi connectivity index (χ3v) is 5.70. The first-order valence-electron chi connectivity index (χ1n) is 7.59. The van der Waals surface area contributed by atoms with Gasteiger partial charge in [-0.05, 0) is 55.4 Å². The van der Waals surface area contributed by atoms with Crippen molar-refractivity contribution in [1.29, 1.82) is 0 Å². The molecule has 2 heteroatoms. The van der Waals surface area contributed by atoms with Crippen molar-refractivity contribution in [3.8, 4) is 0 Å². The Morgan fingerprint density at radius 2 is 1.59 bits per heavy atom. The van der Waals surface area contributed by atoms with Gasteiger partial charge in [-0.1, -0.05) is 26.7 Å². The standard InChI is InChI=1S/C15H29NS/c1-12(2)13-4-3-5-14(7-6-13)16-15-8-10-17-11-9-15/h12-16H,3-11H2,1-2H3. The summed E-state index contributed by atoms with van der Waals surface area (Å²) in [4.78, 5) is 0. The Morgan fingerprint density at radius 1 is 0.882 bits per heavy atom. The van der Waals surface area contributed by atoms with E-state index in [9.17, 15) is 0 Å². The van der Waals surface area contributed by atoms with E-state index in [-0.39, 0.29) is 0 Å². The molecule has 1 nitrogen and oxygen atoms in total. The van der Waals surface area contributed by atoms with E-state index in [1.54, 1.807) is 0 Å². The molecule has 100 valence electrons. The molecular weight excluding hydrogens is 226 g/mol. The normalized spacial score (nSPS) is 32.6. The zero-order valence-corrected chi connectivity index (χ0v) is 12.4. The number of nitrogens with one attached hydrogen (secondary N) is 1. The van der Waals surface area contributed by atoms with Crippen LogP contribution in [0.2, 0.25) is 0 Å². The van der Waals surface area contributed by atoms with Crippen LogP contribution in [0, 0.1) is 11.8 Å². The topological polar surface area (TPSA) is 12.0 Å². The maximum atomic E-state index is 3.94. The highest BCUT2D eigenvalue weighted by atomic mass is 32.2. The van der Waals surface area contributed by atoms with E-state index in [0.29, 0.717) is 0 Å². The number of hydrogen-bond donors (Lipinski definition) is 1. The van der Waals surface area contributed by atoms with Gasteiger partial charge in [0.2, 0.25) is 0 Å². The fourth-order valence-corrected chi connectivity index (χ4v) is 4.47. The molecule has 1 heterocycles. The van der Waals surface area contributed by atoms with Crippen LogP contribution < -0.4 is 5.32 Å². The van der Waals surface area contributed by atoms with Crippen LogP contribution in [0.3, 0.4) is 0 Å². The summed E-state index contributed by atoms with van der Waals surface area (Å²) in [7, 11) is 0. The molecule has 1 saturated heterocycles. The molecule has 1 aliphatic heterocycles. The van der Waals surface area contributed by atoms with E-state index in [2.05, 4.69) is 30.9 Å². The van der Waals surface area contributed by atoms with Gasteiger partial charge in [0, 0.05) is 12.1 Å². The van der Waals surface area contributed by atoms with Crippen LogP contribution in [-0.2, 0) is 0 Å². The predicted octanol–water partition coefficient (Wildman–Crippen LogP) is 4.08. The lowest BCUT2D eigenvalue weighted by atomic mass is 9.89. The highest BCUT2D eigenvalue weighted by Gasteiger charge is 2.23. The Morgan fingerprint density at radius 3 is 2.29 bits per heavy atom. The van der Waals surface area contributed by atoms with Crippen molar-refractivity contribution >= 4 is 11.8 Å². The average Bonchev–Trinajstić information content (AvgIpc) is 2.56. The van der Waals surface area contributed by atoms with Crippen molar-refractivity contribution in [2.45, 2.75) is 70.9 Å². The maximum Gasteiger partial charge on any atom is 0.00853 e. The molecule has 2 atom stereocenters. The van der Waals surface area contributed by atoms with Crippen LogP contribution in [0.25, 0.3) is 0 Å². The molecular formula is C15H29NS. The second-order valence-electron chi connectivity index (χ2n) is 6.26. The molecule has 0 amide bonds. The zero-order chi connectivity index (χ0) is 12.1. The molecule has 2 aliphatic rings. The van der Waals surface area contributed by atoms with Gasteiger partial charge in [0.25, 0.3) is 0 Å². The lowest BCUT2D eigenvalue weighted by molar-refractivity contribution is 0.331. The largest absolute Gasteiger partial charge is 0.311 e. The molecule has 0 radical (unpaired) electrons. The van der Waals surface area contributed by atoms with E-state index in [0.717, 1.165) is 23.9 Å². The van der Waals surface area contributed by atoms with Crippen LogP contribution in [0.4, 0.5) is 0 Å². The summed E-state index contributed by atoms with van der Waals surface area (Å²) in [5.41, 5.74) is 0. The van der Waals surface area contributed by atoms with Crippen LogP contribution in [0.15, 0.2) is 0 Å². The van der Waals surface area contributed by atoms with Crippen molar-refractivity contribution in [1.82, 2.24) is 5.32 Å². The molecule has 0 bridgehead atoms. The second-order valence-corrected chi connectivity index (χ2v) is 7.49. The number of hydrogen-bond acceptors (Lipinski definition) is 2. The first-order valence-corrected chi connectivity index (χ1v) is 8.75. The minimum Gasteiger partial charge on any atom is -0.311 e. The number of rotatable bonds is 3. The first-order chi connectivity index (χ1) is 8.25. The summed E-state index contributed by atoms with van der Waals surface area (Å²) >= 11 is 2.13. The van der Waals surface area contributed by atoms with Gasteiger partial charge < -0.3 is 5.32 Å². The molecule has 1 saturated carbocycles. The van der Waals surface area contributed by atoms with Gasteiger partial charge in [-0.15, -0.1) is 0 Å². The van der Waals surface area contributed by atoms with Gasteiger partial charge in [0.15, 0.2) is 0 Å². The summed E-state index contributed by atoms with van der Waals surface area (Å²) in [6, 6.07) is 1.66. The van der Waals surface area contributed by atoms with Crippen LogP contribution in [0.5, 0.6) is 0 Å². The van der Waals surface area contributed by atoms with Gasteiger partial charge in [-0.2, -0.15) is 11.8 Å². The molecule has 1 aliphatic carbocycles. The number of thioether (sulfide) groups is 1. The summed E-state index contributed by atoms with van der Waals surface area (Å²) in [6.07, 6.45) is 10.0. The molecule has 0 spiro atoms. The van der Waals surface area contributed by atoms with Crippen molar-refractivity contribution in [2.24, 2.45) is 11.8 Å². The van der Waals surface area contributed by atoms with Crippen molar-refractivity contribution < 1.29 is 0 Å². The highest BCUT2D eigenvalue weighted by molar-refractivity contribution is 7.99. The Hall–Kier alpha value is 0.310. The summed E-state index contributed by atoms with van der Waals surface area (Å²) < 4.78 is 0.